The van der Waals surface area contributed by atoms with Gasteiger partial charge in [0.05, 0.1) is 26.4 Å². The molecule has 0 N–H and O–H groups in total. The van der Waals surface area contributed by atoms with Gasteiger partial charge in [0.2, 0.25) is 0 Å². The summed E-state index contributed by atoms with van der Waals surface area (Å²) in [6.45, 7) is 49.7. The van der Waals surface area contributed by atoms with E-state index in [-0.39, 0.29) is 26.4 Å². The van der Waals surface area contributed by atoms with Crippen molar-refractivity contribution in [1.29, 1.82) is 0 Å². The molecule has 0 saturated heterocycles. The van der Waals surface area contributed by atoms with Crippen LogP contribution in [0.3, 0.4) is 0 Å². The van der Waals surface area contributed by atoms with E-state index in [1.54, 1.807) is 0 Å². The van der Waals surface area contributed by atoms with Crippen molar-refractivity contribution in [3.63, 3.8) is 0 Å². The van der Waals surface area contributed by atoms with E-state index >= 15 is 0 Å². The molecule has 0 aliphatic rings. The predicted octanol–water partition coefficient (Wildman–Crippen LogP) is 11.4. The van der Waals surface area contributed by atoms with Crippen molar-refractivity contribution < 1.29 is 0 Å². The summed E-state index contributed by atoms with van der Waals surface area (Å²) in [5.74, 6) is 0. The van der Waals surface area contributed by atoms with Crippen LogP contribution in [0.25, 0.3) is 0 Å². The van der Waals surface area contributed by atoms with Gasteiger partial charge in [-0.25, -0.2) is 0 Å². The molecule has 0 atom stereocenters. The summed E-state index contributed by atoms with van der Waals surface area (Å²) in [4.78, 5) is 0. The molecule has 0 saturated carbocycles. The van der Waals surface area contributed by atoms with Crippen LogP contribution in [0.15, 0.2) is 0 Å². The fraction of sp³-hybridized carbons (Fsp3) is 1.00. The molecule has 0 aromatic heterocycles. The monoisotopic (exact) mass is 580 g/mol. The molecule has 0 unspecified atom stereocenters. The van der Waals surface area contributed by atoms with Gasteiger partial charge >= 0.3 is 25.6 Å². The van der Waals surface area contributed by atoms with Gasteiger partial charge < -0.3 is 0 Å². The standard InChI is InChI=1S/3C9H21Si.ClGe/c3*1-8(2,3)10(7)9(4,5)6;1-2/h3*1-7H3;. The fourth-order valence-corrected chi connectivity index (χ4v) is 10.1. The third-order valence-corrected chi connectivity index (χ3v) is 20.2. The van der Waals surface area contributed by atoms with E-state index in [2.05, 4.69) is 154 Å². The zero-order valence-electron chi connectivity index (χ0n) is 26.4. The van der Waals surface area contributed by atoms with Crippen molar-refractivity contribution in [1.82, 2.24) is 0 Å². The molecule has 0 nitrogen and oxygen atoms in total. The minimum absolute atomic E-state index is 0.221. The minimum atomic E-state index is -0.221. The van der Waals surface area contributed by atoms with Crippen LogP contribution < -0.4 is 0 Å². The molecule has 0 fully saturated rings. The van der Waals surface area contributed by atoms with E-state index in [1.807, 2.05) is 0 Å². The third-order valence-electron chi connectivity index (χ3n) is 6.75. The molecule has 0 amide bonds. The van der Waals surface area contributed by atoms with Crippen LogP contribution in [0.2, 0.25) is 49.9 Å². The third kappa shape index (κ3) is 20.8. The molecule has 0 aromatic rings. The van der Waals surface area contributed by atoms with Gasteiger partial charge in [-0.05, 0) is 30.2 Å². The zero-order chi connectivity index (χ0) is 27.7. The Morgan fingerprint density at radius 1 is 0.312 bits per heavy atom. The molecule has 194 valence electrons. The first-order valence-corrected chi connectivity index (χ1v) is 20.9. The summed E-state index contributed by atoms with van der Waals surface area (Å²) in [5, 5.41) is 3.27. The molecule has 0 aliphatic carbocycles. The van der Waals surface area contributed by atoms with Crippen molar-refractivity contribution >= 4 is 52.0 Å². The molecule has 0 spiro atoms. The van der Waals surface area contributed by atoms with Crippen molar-refractivity contribution in [2.24, 2.45) is 0 Å². The van der Waals surface area contributed by atoms with Gasteiger partial charge in [-0.15, -0.1) is 0 Å². The molecule has 0 aromatic carbocycles. The van der Waals surface area contributed by atoms with Crippen LogP contribution in [0.5, 0.6) is 0 Å². The summed E-state index contributed by atoms with van der Waals surface area (Å²) in [6.07, 6.45) is 0. The van der Waals surface area contributed by atoms with Gasteiger partial charge in [0.15, 0.2) is 0 Å². The van der Waals surface area contributed by atoms with Crippen LogP contribution in [-0.2, 0) is 0 Å². The Hall–Kier alpha value is 1.48. The molecular formula is C27H63ClGeSi3. The van der Waals surface area contributed by atoms with Gasteiger partial charge in [0.25, 0.3) is 0 Å². The average molecular weight is 580 g/mol. The Balaban J connectivity index is -0.000000176. The Morgan fingerprint density at radius 3 is 0.375 bits per heavy atom. The van der Waals surface area contributed by atoms with Crippen LogP contribution in [-0.4, -0.2) is 42.0 Å². The normalized spacial score (nSPS) is 13.7. The van der Waals surface area contributed by atoms with Crippen LogP contribution in [0.1, 0.15) is 125 Å². The van der Waals surface area contributed by atoms with E-state index in [4.69, 9.17) is 0 Å². The zero-order valence-corrected chi connectivity index (χ0v) is 32.2. The molecule has 0 heterocycles. The fourth-order valence-electron chi connectivity index (χ4n) is 3.38. The van der Waals surface area contributed by atoms with Crippen molar-refractivity contribution in [3.05, 3.63) is 0 Å². The van der Waals surface area contributed by atoms with E-state index in [0.29, 0.717) is 30.2 Å². The van der Waals surface area contributed by atoms with Crippen LogP contribution >= 0.6 is 10.0 Å². The van der Waals surface area contributed by atoms with Crippen LogP contribution in [0, 0.1) is 0 Å². The second-order valence-electron chi connectivity index (χ2n) is 15.4. The molecule has 0 aliphatic heterocycles. The maximum atomic E-state index is 4.64. The average Bonchev–Trinajstić information content (AvgIpc) is 2.50. The Kier molecular flexibility index (Phi) is 18.9. The van der Waals surface area contributed by atoms with Crippen molar-refractivity contribution in [2.75, 3.05) is 0 Å². The number of rotatable bonds is 0. The maximum absolute atomic E-state index is 4.64. The second-order valence-corrected chi connectivity index (χ2v) is 28.1. The van der Waals surface area contributed by atoms with Gasteiger partial charge in [-0.3, -0.25) is 0 Å². The summed E-state index contributed by atoms with van der Waals surface area (Å²) in [5.41, 5.74) is 0. The first-order chi connectivity index (χ1) is 13.5. The van der Waals surface area contributed by atoms with Gasteiger partial charge in [-0.1, -0.05) is 144 Å². The quantitative estimate of drug-likeness (QED) is 0.250. The van der Waals surface area contributed by atoms with E-state index in [1.165, 1.54) is 15.6 Å². The second kappa shape index (κ2) is 14.9. The van der Waals surface area contributed by atoms with E-state index in [9.17, 15) is 0 Å². The number of halogens is 1. The van der Waals surface area contributed by atoms with Crippen molar-refractivity contribution in [2.45, 2.75) is 174 Å². The van der Waals surface area contributed by atoms with Gasteiger partial charge in [0.1, 0.15) is 0 Å². The molecule has 0 bridgehead atoms. The van der Waals surface area contributed by atoms with Gasteiger partial charge in [0, 0.05) is 0 Å². The Morgan fingerprint density at radius 2 is 0.375 bits per heavy atom. The summed E-state index contributed by atoms with van der Waals surface area (Å²) >= 11 is 1.47. The molecule has 6 radical (unpaired) electrons. The topological polar surface area (TPSA) is 0 Å². The van der Waals surface area contributed by atoms with Crippen molar-refractivity contribution in [3.8, 4) is 0 Å². The predicted molar refractivity (Wildman–Crippen MR) is 165 cm³/mol. The van der Waals surface area contributed by atoms with E-state index in [0.717, 1.165) is 0 Å². The Labute approximate surface area is 225 Å². The first-order valence-electron chi connectivity index (χ1n) is 12.2. The van der Waals surface area contributed by atoms with Gasteiger partial charge in [-0.2, -0.15) is 0 Å². The van der Waals surface area contributed by atoms with Crippen LogP contribution in [0.4, 0.5) is 0 Å². The van der Waals surface area contributed by atoms with E-state index < -0.39 is 0 Å². The molecule has 32 heavy (non-hydrogen) atoms. The molecule has 5 heteroatoms. The molecule has 0 rings (SSSR count). The summed E-state index contributed by atoms with van der Waals surface area (Å²) < 4.78 is 0. The molecular weight excluding hydrogens is 517 g/mol. The number of hydrogen-bond donors (Lipinski definition) is 0. The summed E-state index contributed by atoms with van der Waals surface area (Å²) in [7, 11) is 3.98. The number of hydrogen-bond acceptors (Lipinski definition) is 0. The summed E-state index contributed by atoms with van der Waals surface area (Å²) in [6, 6.07) is 0. The SMILES string of the molecule is C[Si](C(C)(C)C)C(C)(C)C.C[Si](C(C)(C)C)C(C)(C)C.C[Si](C(C)(C)C)C(C)(C)C.[Cl][Ge]. The Bertz CT molecular complexity index is 351. The first kappa shape index (κ1) is 40.6.